The van der Waals surface area contributed by atoms with E-state index in [1.807, 2.05) is 0 Å². The predicted octanol–water partition coefficient (Wildman–Crippen LogP) is 2.01. The first-order valence-electron chi connectivity index (χ1n) is 5.70. The molecule has 0 aromatic heterocycles. The third-order valence-corrected chi connectivity index (χ3v) is 4.17. The topological polar surface area (TPSA) is 66.5 Å². The molecule has 3 amide bonds. The van der Waals surface area contributed by atoms with E-state index in [4.69, 9.17) is 0 Å². The molecular formula is C12H10BrFN2O3S. The summed E-state index contributed by atoms with van der Waals surface area (Å²) in [6.45, 7) is 0.167. The molecule has 0 atom stereocenters. The number of imide groups is 1. The fourth-order valence-electron chi connectivity index (χ4n) is 1.68. The van der Waals surface area contributed by atoms with E-state index in [1.165, 1.54) is 12.1 Å². The fraction of sp³-hybridized carbons (Fsp3) is 0.250. The molecule has 1 aliphatic rings. The number of hydrogen-bond donors (Lipinski definition) is 1. The maximum absolute atomic E-state index is 13.5. The molecule has 1 heterocycles. The molecule has 2 rings (SSSR count). The second kappa shape index (κ2) is 6.36. The summed E-state index contributed by atoms with van der Waals surface area (Å²) in [5, 5.41) is 2.16. The van der Waals surface area contributed by atoms with Gasteiger partial charge in [0, 0.05) is 17.6 Å². The van der Waals surface area contributed by atoms with Crippen LogP contribution in [0.25, 0.3) is 0 Å². The minimum absolute atomic E-state index is 0.0810. The van der Waals surface area contributed by atoms with Crippen LogP contribution in [0.4, 0.5) is 9.18 Å². The Labute approximate surface area is 127 Å². The number of amides is 3. The number of rotatable bonds is 4. The maximum Gasteiger partial charge on any atom is 0.288 e. The average Bonchev–Trinajstić information content (AvgIpc) is 2.70. The molecule has 0 saturated carbocycles. The van der Waals surface area contributed by atoms with E-state index in [0.717, 1.165) is 16.7 Å². The summed E-state index contributed by atoms with van der Waals surface area (Å²) in [5.74, 6) is -1.38. The lowest BCUT2D eigenvalue weighted by atomic mass is 10.2. The molecule has 20 heavy (non-hydrogen) atoms. The molecule has 106 valence electrons. The van der Waals surface area contributed by atoms with Crippen molar-refractivity contribution in [1.29, 1.82) is 0 Å². The molecule has 1 aromatic rings. The largest absolute Gasteiger partial charge is 0.350 e. The molecule has 1 aromatic carbocycles. The normalized spacial score (nSPS) is 14.8. The number of benzene rings is 1. The third-order valence-electron chi connectivity index (χ3n) is 2.65. The van der Waals surface area contributed by atoms with Crippen LogP contribution in [0.2, 0.25) is 0 Å². The van der Waals surface area contributed by atoms with Gasteiger partial charge in [-0.25, -0.2) is 4.39 Å². The van der Waals surface area contributed by atoms with Crippen LogP contribution in [0.1, 0.15) is 10.4 Å². The quantitative estimate of drug-likeness (QED) is 0.891. The lowest BCUT2D eigenvalue weighted by molar-refractivity contribution is -0.124. The van der Waals surface area contributed by atoms with Gasteiger partial charge in [0.15, 0.2) is 0 Å². The zero-order valence-electron chi connectivity index (χ0n) is 10.2. The van der Waals surface area contributed by atoms with E-state index >= 15 is 0 Å². The van der Waals surface area contributed by atoms with Gasteiger partial charge in [-0.1, -0.05) is 17.8 Å². The van der Waals surface area contributed by atoms with Crippen LogP contribution in [0, 0.1) is 5.82 Å². The number of carbonyl (C=O) groups is 3. The molecule has 0 aliphatic carbocycles. The Morgan fingerprint density at radius 1 is 1.45 bits per heavy atom. The van der Waals surface area contributed by atoms with Crippen molar-refractivity contribution in [2.75, 3.05) is 18.8 Å². The number of nitrogens with zero attached hydrogens (tertiary/aromatic N) is 1. The van der Waals surface area contributed by atoms with Crippen molar-refractivity contribution in [2.24, 2.45) is 0 Å². The molecule has 1 N–H and O–H groups in total. The van der Waals surface area contributed by atoms with Gasteiger partial charge in [0.1, 0.15) is 5.82 Å². The van der Waals surface area contributed by atoms with Crippen LogP contribution < -0.4 is 5.32 Å². The van der Waals surface area contributed by atoms with Gasteiger partial charge < -0.3 is 5.32 Å². The van der Waals surface area contributed by atoms with E-state index < -0.39 is 11.7 Å². The lowest BCUT2D eigenvalue weighted by Crippen LogP contribution is -2.37. The Morgan fingerprint density at radius 3 is 2.80 bits per heavy atom. The van der Waals surface area contributed by atoms with Crippen molar-refractivity contribution >= 4 is 44.7 Å². The molecule has 1 saturated heterocycles. The Kier molecular flexibility index (Phi) is 4.77. The Bertz CT molecular complexity index is 546. The number of thioether (sulfide) groups is 1. The highest BCUT2D eigenvalue weighted by Gasteiger charge is 2.29. The van der Waals surface area contributed by atoms with E-state index in [9.17, 15) is 18.8 Å². The first-order valence-corrected chi connectivity index (χ1v) is 7.48. The van der Waals surface area contributed by atoms with Gasteiger partial charge in [0.2, 0.25) is 5.91 Å². The number of halogens is 2. The second-order valence-electron chi connectivity index (χ2n) is 3.95. The first kappa shape index (κ1) is 15.0. The van der Waals surface area contributed by atoms with Crippen molar-refractivity contribution in [3.05, 3.63) is 34.1 Å². The monoisotopic (exact) mass is 360 g/mol. The lowest BCUT2D eigenvalue weighted by Gasteiger charge is -2.13. The van der Waals surface area contributed by atoms with Gasteiger partial charge in [-0.3, -0.25) is 19.3 Å². The summed E-state index contributed by atoms with van der Waals surface area (Å²) in [5.41, 5.74) is -0.0963. The summed E-state index contributed by atoms with van der Waals surface area (Å²) in [7, 11) is 0. The molecule has 1 aliphatic heterocycles. The van der Waals surface area contributed by atoms with Crippen LogP contribution in [0.15, 0.2) is 22.7 Å². The molecule has 8 heteroatoms. The van der Waals surface area contributed by atoms with Gasteiger partial charge in [0.25, 0.3) is 11.1 Å². The number of carbonyl (C=O) groups excluding carboxylic acids is 3. The Morgan fingerprint density at radius 2 is 2.20 bits per heavy atom. The predicted molar refractivity (Wildman–Crippen MR) is 76.0 cm³/mol. The van der Waals surface area contributed by atoms with Crippen molar-refractivity contribution in [3.63, 3.8) is 0 Å². The highest BCUT2D eigenvalue weighted by Crippen LogP contribution is 2.20. The van der Waals surface area contributed by atoms with Crippen LogP contribution in [-0.2, 0) is 4.79 Å². The average molecular weight is 361 g/mol. The molecule has 1 fully saturated rings. The van der Waals surface area contributed by atoms with Crippen molar-refractivity contribution < 1.29 is 18.8 Å². The SMILES string of the molecule is O=C(NCCN1C(=O)CSC1=O)c1c(F)cccc1Br. The minimum Gasteiger partial charge on any atom is -0.350 e. The van der Waals surface area contributed by atoms with Crippen LogP contribution in [0.5, 0.6) is 0 Å². The molecular weight excluding hydrogens is 351 g/mol. The zero-order valence-corrected chi connectivity index (χ0v) is 12.6. The van der Waals surface area contributed by atoms with E-state index in [1.54, 1.807) is 6.07 Å². The van der Waals surface area contributed by atoms with Crippen LogP contribution in [0.3, 0.4) is 0 Å². The van der Waals surface area contributed by atoms with Gasteiger partial charge in [0.05, 0.1) is 11.3 Å². The smallest absolute Gasteiger partial charge is 0.288 e. The fourth-order valence-corrected chi connectivity index (χ4v) is 2.96. The number of hydrogen-bond acceptors (Lipinski definition) is 4. The molecule has 0 unspecified atom stereocenters. The summed E-state index contributed by atoms with van der Waals surface area (Å²) in [4.78, 5) is 35.6. The van der Waals surface area contributed by atoms with Crippen LogP contribution in [-0.4, -0.2) is 40.8 Å². The first-order chi connectivity index (χ1) is 9.50. The van der Waals surface area contributed by atoms with Crippen molar-refractivity contribution in [2.45, 2.75) is 0 Å². The zero-order chi connectivity index (χ0) is 14.7. The Balaban J connectivity index is 1.93. The molecule has 0 radical (unpaired) electrons. The third kappa shape index (κ3) is 3.18. The Hall–Kier alpha value is -1.41. The highest BCUT2D eigenvalue weighted by molar-refractivity contribution is 9.10. The molecule has 5 nitrogen and oxygen atoms in total. The van der Waals surface area contributed by atoms with Gasteiger partial charge >= 0.3 is 0 Å². The summed E-state index contributed by atoms with van der Waals surface area (Å²) < 4.78 is 13.9. The maximum atomic E-state index is 13.5. The van der Waals surface area contributed by atoms with Gasteiger partial charge in [-0.2, -0.15) is 0 Å². The summed E-state index contributed by atoms with van der Waals surface area (Å²) in [6, 6.07) is 4.22. The van der Waals surface area contributed by atoms with E-state index in [2.05, 4.69) is 21.2 Å². The van der Waals surface area contributed by atoms with E-state index in [-0.39, 0.29) is 35.6 Å². The van der Waals surface area contributed by atoms with Gasteiger partial charge in [-0.05, 0) is 28.1 Å². The minimum atomic E-state index is -0.638. The number of nitrogens with one attached hydrogen (secondary N) is 1. The second-order valence-corrected chi connectivity index (χ2v) is 5.73. The molecule has 0 bridgehead atoms. The summed E-state index contributed by atoms with van der Waals surface area (Å²) >= 11 is 4.03. The standard InChI is InChI=1S/C12H10BrFN2O3S/c13-7-2-1-3-8(14)10(7)11(18)15-4-5-16-9(17)6-20-12(16)19/h1-3H,4-6H2,(H,15,18). The van der Waals surface area contributed by atoms with Crippen molar-refractivity contribution in [1.82, 2.24) is 10.2 Å². The van der Waals surface area contributed by atoms with E-state index in [0.29, 0.717) is 4.47 Å². The molecule has 0 spiro atoms. The van der Waals surface area contributed by atoms with Crippen molar-refractivity contribution in [3.8, 4) is 0 Å². The van der Waals surface area contributed by atoms with Gasteiger partial charge in [-0.15, -0.1) is 0 Å². The van der Waals surface area contributed by atoms with Crippen LogP contribution >= 0.6 is 27.7 Å². The summed E-state index contributed by atoms with van der Waals surface area (Å²) in [6.07, 6.45) is 0. The highest BCUT2D eigenvalue weighted by atomic mass is 79.9.